The molecule has 1 saturated heterocycles. The highest BCUT2D eigenvalue weighted by Gasteiger charge is 2.22. The lowest BCUT2D eigenvalue weighted by Crippen LogP contribution is -2.39. The zero-order valence-corrected chi connectivity index (χ0v) is 21.7. The normalized spacial score (nSPS) is 15.1. The van der Waals surface area contributed by atoms with E-state index >= 15 is 0 Å². The number of aryl methyl sites for hydroxylation is 2. The maximum absolute atomic E-state index is 13.9. The van der Waals surface area contributed by atoms with E-state index in [0.717, 1.165) is 49.7 Å². The molecule has 1 N–H and O–H groups in total. The number of aromatic nitrogens is 4. The molecule has 1 aliphatic rings. The molecule has 10 nitrogen and oxygen atoms in total. The van der Waals surface area contributed by atoms with Gasteiger partial charge in [-0.25, -0.2) is 9.97 Å². The van der Waals surface area contributed by atoms with Crippen LogP contribution in [0.1, 0.15) is 30.0 Å². The summed E-state index contributed by atoms with van der Waals surface area (Å²) in [5.41, 5.74) is 3.98. The SMILES string of the molecule is COc1ccccc1[C@H](C)n1c(=O)c(NCCN2CCOCC2)nc2ccc(-c3c(C)noc3C)nc21. The van der Waals surface area contributed by atoms with Crippen LogP contribution in [0, 0.1) is 13.8 Å². The molecule has 1 aromatic carbocycles. The number of fused-ring (bicyclic) bond motifs is 1. The third-order valence-corrected chi connectivity index (χ3v) is 6.83. The van der Waals surface area contributed by atoms with Crippen molar-refractivity contribution in [2.75, 3.05) is 51.8 Å². The van der Waals surface area contributed by atoms with Crippen molar-refractivity contribution in [3.63, 3.8) is 0 Å². The minimum Gasteiger partial charge on any atom is -0.496 e. The Morgan fingerprint density at radius 1 is 1.11 bits per heavy atom. The first kappa shape index (κ1) is 24.9. The molecule has 194 valence electrons. The van der Waals surface area contributed by atoms with Crippen LogP contribution in [0.5, 0.6) is 5.75 Å². The van der Waals surface area contributed by atoms with E-state index in [0.29, 0.717) is 40.7 Å². The Bertz CT molecular complexity index is 1440. The van der Waals surface area contributed by atoms with Gasteiger partial charge >= 0.3 is 0 Å². The zero-order chi connectivity index (χ0) is 25.9. The highest BCUT2D eigenvalue weighted by molar-refractivity contribution is 5.77. The van der Waals surface area contributed by atoms with Crippen molar-refractivity contribution in [1.82, 2.24) is 24.6 Å². The van der Waals surface area contributed by atoms with E-state index < -0.39 is 0 Å². The summed E-state index contributed by atoms with van der Waals surface area (Å²) in [5, 5.41) is 7.34. The molecular weight excluding hydrogens is 472 g/mol. The van der Waals surface area contributed by atoms with Gasteiger partial charge in [-0.1, -0.05) is 23.4 Å². The number of anilines is 1. The summed E-state index contributed by atoms with van der Waals surface area (Å²) in [4.78, 5) is 25.8. The second-order valence-corrected chi connectivity index (χ2v) is 9.17. The summed E-state index contributed by atoms with van der Waals surface area (Å²) >= 11 is 0. The molecule has 10 heteroatoms. The summed E-state index contributed by atoms with van der Waals surface area (Å²) in [6.45, 7) is 10.3. The molecule has 1 fully saturated rings. The van der Waals surface area contributed by atoms with Crippen LogP contribution in [0.2, 0.25) is 0 Å². The first-order chi connectivity index (χ1) is 18.0. The maximum Gasteiger partial charge on any atom is 0.295 e. The van der Waals surface area contributed by atoms with Crippen molar-refractivity contribution >= 4 is 17.0 Å². The fourth-order valence-corrected chi connectivity index (χ4v) is 4.85. The van der Waals surface area contributed by atoms with Gasteiger partial charge in [-0.3, -0.25) is 14.3 Å². The topological polar surface area (TPSA) is 108 Å². The Kier molecular flexibility index (Phi) is 7.20. The molecular formula is C27H32N6O4. The number of benzene rings is 1. The minimum atomic E-state index is -0.360. The molecule has 0 amide bonds. The predicted octanol–water partition coefficient (Wildman–Crippen LogP) is 3.43. The molecule has 3 aromatic heterocycles. The standard InChI is InChI=1S/C27H32N6O4/c1-17-24(19(3)37-31-17)21-9-10-22-26(30-21)33(18(2)20-7-5-6-8-23(20)35-4)27(34)25(29-22)28-11-12-32-13-15-36-16-14-32/h5-10,18H,11-16H2,1-4H3,(H,28,29)/t18-/m0/s1. The first-order valence-corrected chi connectivity index (χ1v) is 12.5. The number of pyridine rings is 1. The lowest BCUT2D eigenvalue weighted by molar-refractivity contribution is 0.0398. The van der Waals surface area contributed by atoms with E-state index in [1.54, 1.807) is 11.7 Å². The van der Waals surface area contributed by atoms with Gasteiger partial charge in [0, 0.05) is 31.7 Å². The second-order valence-electron chi connectivity index (χ2n) is 9.17. The van der Waals surface area contributed by atoms with Crippen LogP contribution in [0.15, 0.2) is 45.7 Å². The third-order valence-electron chi connectivity index (χ3n) is 6.83. The van der Waals surface area contributed by atoms with E-state index in [9.17, 15) is 4.79 Å². The van der Waals surface area contributed by atoms with Crippen molar-refractivity contribution < 1.29 is 14.0 Å². The number of methoxy groups -OCH3 is 1. The van der Waals surface area contributed by atoms with Crippen molar-refractivity contribution in [2.24, 2.45) is 0 Å². The van der Waals surface area contributed by atoms with Crippen LogP contribution < -0.4 is 15.6 Å². The molecule has 0 unspecified atom stereocenters. The van der Waals surface area contributed by atoms with Gasteiger partial charge in [0.15, 0.2) is 11.5 Å². The molecule has 0 aliphatic carbocycles. The zero-order valence-electron chi connectivity index (χ0n) is 21.7. The molecule has 0 spiro atoms. The van der Waals surface area contributed by atoms with Gasteiger partial charge in [-0.2, -0.15) is 0 Å². The van der Waals surface area contributed by atoms with Gasteiger partial charge in [0.25, 0.3) is 5.56 Å². The first-order valence-electron chi connectivity index (χ1n) is 12.5. The van der Waals surface area contributed by atoms with E-state index in [4.69, 9.17) is 19.0 Å². The average Bonchev–Trinajstić information content (AvgIpc) is 3.26. The number of hydrogen-bond donors (Lipinski definition) is 1. The molecule has 5 rings (SSSR count). The van der Waals surface area contributed by atoms with Gasteiger partial charge in [0.1, 0.15) is 17.0 Å². The van der Waals surface area contributed by atoms with Crippen LogP contribution in [-0.4, -0.2) is 71.1 Å². The number of ether oxygens (including phenoxy) is 2. The fourth-order valence-electron chi connectivity index (χ4n) is 4.85. The summed E-state index contributed by atoms with van der Waals surface area (Å²) in [6, 6.07) is 11.1. The Labute approximate surface area is 215 Å². The lowest BCUT2D eigenvalue weighted by Gasteiger charge is -2.26. The van der Waals surface area contributed by atoms with Crippen LogP contribution in [-0.2, 0) is 4.74 Å². The van der Waals surface area contributed by atoms with Gasteiger partial charge in [-0.05, 0) is 39.0 Å². The van der Waals surface area contributed by atoms with Gasteiger partial charge in [0.2, 0.25) is 0 Å². The van der Waals surface area contributed by atoms with Crippen molar-refractivity contribution in [3.05, 3.63) is 63.8 Å². The Morgan fingerprint density at radius 3 is 2.62 bits per heavy atom. The maximum atomic E-state index is 13.9. The summed E-state index contributed by atoms with van der Waals surface area (Å²) in [6.07, 6.45) is 0. The Hall–Kier alpha value is -3.76. The number of nitrogens with zero attached hydrogens (tertiary/aromatic N) is 5. The van der Waals surface area contributed by atoms with Gasteiger partial charge in [0.05, 0.1) is 43.3 Å². The molecule has 0 radical (unpaired) electrons. The van der Waals surface area contributed by atoms with Crippen molar-refractivity contribution in [3.8, 4) is 17.0 Å². The molecule has 0 bridgehead atoms. The number of hydrogen-bond acceptors (Lipinski definition) is 9. The second kappa shape index (κ2) is 10.7. The van der Waals surface area contributed by atoms with E-state index in [1.807, 2.05) is 57.2 Å². The Balaban J connectivity index is 1.60. The molecule has 37 heavy (non-hydrogen) atoms. The number of morpholine rings is 1. The average molecular weight is 505 g/mol. The molecule has 4 heterocycles. The highest BCUT2D eigenvalue weighted by Crippen LogP contribution is 2.31. The molecule has 4 aromatic rings. The number of para-hydroxylation sites is 1. The summed E-state index contributed by atoms with van der Waals surface area (Å²) in [5.74, 6) is 1.68. The lowest BCUT2D eigenvalue weighted by atomic mass is 10.1. The highest BCUT2D eigenvalue weighted by atomic mass is 16.5. The van der Waals surface area contributed by atoms with E-state index in [2.05, 4.69) is 20.4 Å². The number of rotatable bonds is 8. The predicted molar refractivity (Wildman–Crippen MR) is 141 cm³/mol. The molecule has 0 saturated carbocycles. The van der Waals surface area contributed by atoms with Crippen molar-refractivity contribution in [2.45, 2.75) is 26.8 Å². The van der Waals surface area contributed by atoms with E-state index in [-0.39, 0.29) is 11.6 Å². The summed E-state index contributed by atoms with van der Waals surface area (Å²) < 4.78 is 18.1. The quantitative estimate of drug-likeness (QED) is 0.386. The Morgan fingerprint density at radius 2 is 1.89 bits per heavy atom. The van der Waals surface area contributed by atoms with Gasteiger partial charge in [-0.15, -0.1) is 0 Å². The van der Waals surface area contributed by atoms with Crippen LogP contribution in [0.4, 0.5) is 5.82 Å². The van der Waals surface area contributed by atoms with Gasteiger partial charge < -0.3 is 19.3 Å². The van der Waals surface area contributed by atoms with Crippen molar-refractivity contribution in [1.29, 1.82) is 0 Å². The fraction of sp³-hybridized carbons (Fsp3) is 0.407. The van der Waals surface area contributed by atoms with E-state index in [1.165, 1.54) is 0 Å². The molecule has 1 aliphatic heterocycles. The largest absolute Gasteiger partial charge is 0.496 e. The number of nitrogens with one attached hydrogen (secondary N) is 1. The third kappa shape index (κ3) is 4.94. The monoisotopic (exact) mass is 504 g/mol. The summed E-state index contributed by atoms with van der Waals surface area (Å²) in [7, 11) is 1.63. The van der Waals surface area contributed by atoms with Crippen LogP contribution >= 0.6 is 0 Å². The van der Waals surface area contributed by atoms with Crippen LogP contribution in [0.25, 0.3) is 22.4 Å². The molecule has 1 atom stereocenters. The smallest absolute Gasteiger partial charge is 0.295 e. The minimum absolute atomic E-state index is 0.240. The van der Waals surface area contributed by atoms with Crippen LogP contribution in [0.3, 0.4) is 0 Å².